The van der Waals surface area contributed by atoms with Gasteiger partial charge in [0.15, 0.2) is 16.6 Å². The molecule has 180 valence electrons. The molecular formula is C23H17F4N5O2S. The van der Waals surface area contributed by atoms with Gasteiger partial charge < -0.3 is 4.90 Å². The van der Waals surface area contributed by atoms with Crippen molar-refractivity contribution in [2.24, 2.45) is 0 Å². The molecule has 4 rings (SSSR count). The molecule has 2 aromatic heterocycles. The van der Waals surface area contributed by atoms with E-state index in [-0.39, 0.29) is 22.1 Å². The van der Waals surface area contributed by atoms with Crippen molar-refractivity contribution in [2.45, 2.75) is 38.9 Å². The minimum absolute atomic E-state index is 0.0405. The Bertz CT molecular complexity index is 1510. The average molecular weight is 503 g/mol. The molecule has 0 N–H and O–H groups in total. The molecule has 1 fully saturated rings. The standard InChI is InChI=1S/C23H17F4N5O2S/c1-4-13-7-18(33)30-11-15(9-17(24)19(30)29-13)32-21(35)31(20(34)22(32,2)3)14-6-5-12(10-28)16(8-14)23(25,26)27/h5-9,11H,4H2,1-3H3. The number of benzene rings is 1. The van der Waals surface area contributed by atoms with Crippen LogP contribution in [0.2, 0.25) is 0 Å². The van der Waals surface area contributed by atoms with Crippen LogP contribution in [0.1, 0.15) is 37.6 Å². The number of rotatable bonds is 3. The first-order valence-corrected chi connectivity index (χ1v) is 10.7. The number of amides is 1. The molecule has 1 saturated heterocycles. The Morgan fingerprint density at radius 2 is 1.83 bits per heavy atom. The summed E-state index contributed by atoms with van der Waals surface area (Å²) < 4.78 is 56.5. The van der Waals surface area contributed by atoms with Gasteiger partial charge in [0.2, 0.25) is 0 Å². The zero-order chi connectivity index (χ0) is 25.9. The van der Waals surface area contributed by atoms with Crippen LogP contribution in [0, 0.1) is 17.1 Å². The van der Waals surface area contributed by atoms with Gasteiger partial charge in [-0.1, -0.05) is 6.92 Å². The SMILES string of the molecule is CCc1cc(=O)n2cc(N3C(=S)N(c4ccc(C#N)c(C(F)(F)F)c4)C(=O)C3(C)C)cc(F)c2n1. The van der Waals surface area contributed by atoms with E-state index in [2.05, 4.69) is 4.98 Å². The third-order valence-electron chi connectivity index (χ3n) is 5.73. The zero-order valence-corrected chi connectivity index (χ0v) is 19.5. The highest BCUT2D eigenvalue weighted by molar-refractivity contribution is 7.81. The van der Waals surface area contributed by atoms with E-state index in [0.717, 1.165) is 21.4 Å². The van der Waals surface area contributed by atoms with Gasteiger partial charge in [0.05, 0.1) is 28.6 Å². The molecule has 0 aliphatic carbocycles. The first-order valence-electron chi connectivity index (χ1n) is 10.3. The monoisotopic (exact) mass is 503 g/mol. The molecule has 35 heavy (non-hydrogen) atoms. The van der Waals surface area contributed by atoms with Gasteiger partial charge in [-0.2, -0.15) is 18.4 Å². The summed E-state index contributed by atoms with van der Waals surface area (Å²) in [7, 11) is 0. The highest BCUT2D eigenvalue weighted by Gasteiger charge is 2.51. The van der Waals surface area contributed by atoms with Gasteiger partial charge in [-0.05, 0) is 50.7 Å². The molecular weight excluding hydrogens is 486 g/mol. The first kappa shape index (κ1) is 24.3. The molecule has 0 atom stereocenters. The van der Waals surface area contributed by atoms with Crippen molar-refractivity contribution in [1.29, 1.82) is 5.26 Å². The average Bonchev–Trinajstić information content (AvgIpc) is 2.96. The van der Waals surface area contributed by atoms with Gasteiger partial charge in [-0.25, -0.2) is 9.37 Å². The first-order chi connectivity index (χ1) is 16.3. The third kappa shape index (κ3) is 3.81. The van der Waals surface area contributed by atoms with Crippen molar-refractivity contribution in [3.8, 4) is 6.07 Å². The maximum Gasteiger partial charge on any atom is 0.417 e. The van der Waals surface area contributed by atoms with Crippen LogP contribution in [-0.2, 0) is 17.4 Å². The van der Waals surface area contributed by atoms with Gasteiger partial charge in [0.25, 0.3) is 11.5 Å². The van der Waals surface area contributed by atoms with Gasteiger partial charge in [0, 0.05) is 24.0 Å². The Morgan fingerprint density at radius 3 is 2.43 bits per heavy atom. The van der Waals surface area contributed by atoms with Gasteiger partial charge in [-0.3, -0.25) is 18.9 Å². The topological polar surface area (TPSA) is 81.7 Å². The van der Waals surface area contributed by atoms with Crippen LogP contribution in [0.5, 0.6) is 0 Å². The summed E-state index contributed by atoms with van der Waals surface area (Å²) in [5.74, 6) is -1.51. The summed E-state index contributed by atoms with van der Waals surface area (Å²) in [4.78, 5) is 32.2. The number of halogens is 4. The summed E-state index contributed by atoms with van der Waals surface area (Å²) in [5, 5.41) is 8.83. The number of carbonyl (C=O) groups is 1. The fraction of sp³-hybridized carbons (Fsp3) is 0.261. The van der Waals surface area contributed by atoms with Crippen LogP contribution < -0.4 is 15.4 Å². The Morgan fingerprint density at radius 1 is 1.14 bits per heavy atom. The number of aryl methyl sites for hydroxylation is 1. The predicted octanol–water partition coefficient (Wildman–Crippen LogP) is 4.20. The number of pyridine rings is 1. The molecule has 1 aliphatic heterocycles. The van der Waals surface area contributed by atoms with Crippen molar-refractivity contribution >= 4 is 40.3 Å². The van der Waals surface area contributed by atoms with Crippen molar-refractivity contribution in [2.75, 3.05) is 9.80 Å². The number of aromatic nitrogens is 2. The lowest BCUT2D eigenvalue weighted by Gasteiger charge is -2.29. The van der Waals surface area contributed by atoms with E-state index < -0.39 is 40.1 Å². The van der Waals surface area contributed by atoms with E-state index in [9.17, 15) is 22.8 Å². The zero-order valence-electron chi connectivity index (χ0n) is 18.6. The van der Waals surface area contributed by atoms with Crippen molar-refractivity contribution < 1.29 is 22.4 Å². The van der Waals surface area contributed by atoms with Crippen LogP contribution in [0.4, 0.5) is 28.9 Å². The van der Waals surface area contributed by atoms with Crippen molar-refractivity contribution in [1.82, 2.24) is 9.38 Å². The number of thiocarbonyl (C=S) groups is 1. The van der Waals surface area contributed by atoms with E-state index in [1.165, 1.54) is 43.1 Å². The predicted molar refractivity (Wildman–Crippen MR) is 124 cm³/mol. The molecule has 3 aromatic rings. The molecule has 7 nitrogen and oxygen atoms in total. The number of nitrogens with zero attached hydrogens (tertiary/aromatic N) is 5. The smallest absolute Gasteiger partial charge is 0.302 e. The van der Waals surface area contributed by atoms with E-state index in [0.29, 0.717) is 18.2 Å². The van der Waals surface area contributed by atoms with Crippen molar-refractivity contribution in [3.63, 3.8) is 0 Å². The number of hydrogen-bond donors (Lipinski definition) is 0. The molecule has 0 radical (unpaired) electrons. The van der Waals surface area contributed by atoms with E-state index in [1.807, 2.05) is 0 Å². The fourth-order valence-corrected chi connectivity index (χ4v) is 4.48. The van der Waals surface area contributed by atoms with Crippen LogP contribution in [-0.4, -0.2) is 25.9 Å². The molecule has 0 bridgehead atoms. The lowest BCUT2D eigenvalue weighted by atomic mass is 10.0. The highest BCUT2D eigenvalue weighted by Crippen LogP contribution is 2.39. The van der Waals surface area contributed by atoms with Crippen LogP contribution in [0.25, 0.3) is 5.65 Å². The number of alkyl halides is 3. The molecule has 1 aromatic carbocycles. The lowest BCUT2D eigenvalue weighted by molar-refractivity contribution is -0.137. The normalized spacial score (nSPS) is 15.7. The maximum absolute atomic E-state index is 15.0. The van der Waals surface area contributed by atoms with Gasteiger partial charge in [-0.15, -0.1) is 0 Å². The Kier molecular flexibility index (Phi) is 5.64. The third-order valence-corrected chi connectivity index (χ3v) is 6.10. The summed E-state index contributed by atoms with van der Waals surface area (Å²) in [6.07, 6.45) is -3.14. The molecule has 12 heteroatoms. The number of carbonyl (C=O) groups excluding carboxylic acids is 1. The van der Waals surface area contributed by atoms with E-state index in [1.54, 1.807) is 6.92 Å². The largest absolute Gasteiger partial charge is 0.417 e. The molecule has 0 spiro atoms. The van der Waals surface area contributed by atoms with Crippen LogP contribution in [0.15, 0.2) is 41.3 Å². The van der Waals surface area contributed by atoms with Crippen molar-refractivity contribution in [3.05, 3.63) is 69.5 Å². The minimum Gasteiger partial charge on any atom is -0.302 e. The number of nitriles is 1. The summed E-state index contributed by atoms with van der Waals surface area (Å²) in [5.41, 5.74) is -3.76. The molecule has 1 aliphatic rings. The second-order valence-electron chi connectivity index (χ2n) is 8.34. The summed E-state index contributed by atoms with van der Waals surface area (Å²) in [6, 6.07) is 6.61. The lowest BCUT2D eigenvalue weighted by Crippen LogP contribution is -2.44. The second kappa shape index (κ2) is 8.13. The molecule has 0 saturated carbocycles. The Labute approximate surface area is 201 Å². The fourth-order valence-electron chi connectivity index (χ4n) is 3.96. The number of fused-ring (bicyclic) bond motifs is 1. The molecule has 3 heterocycles. The molecule has 0 unspecified atom stereocenters. The van der Waals surface area contributed by atoms with Gasteiger partial charge in [0.1, 0.15) is 5.54 Å². The Hall–Kier alpha value is -3.85. The van der Waals surface area contributed by atoms with Crippen LogP contribution in [0.3, 0.4) is 0 Å². The number of anilines is 2. The van der Waals surface area contributed by atoms with Gasteiger partial charge >= 0.3 is 6.18 Å². The summed E-state index contributed by atoms with van der Waals surface area (Å²) >= 11 is 5.45. The quantitative estimate of drug-likeness (QED) is 0.394. The van der Waals surface area contributed by atoms with Crippen LogP contribution >= 0.6 is 12.2 Å². The number of hydrogen-bond acceptors (Lipinski definition) is 5. The van der Waals surface area contributed by atoms with E-state index >= 15 is 4.39 Å². The highest BCUT2D eigenvalue weighted by atomic mass is 32.1. The summed E-state index contributed by atoms with van der Waals surface area (Å²) in [6.45, 7) is 4.71. The second-order valence-corrected chi connectivity index (χ2v) is 8.70. The van der Waals surface area contributed by atoms with E-state index in [4.69, 9.17) is 17.5 Å². The maximum atomic E-state index is 15.0. The minimum atomic E-state index is -4.84. The Balaban J connectivity index is 1.87. The molecule has 1 amide bonds.